The van der Waals surface area contributed by atoms with Crippen molar-refractivity contribution < 1.29 is 9.47 Å². The number of hydrogen-bond acceptors (Lipinski definition) is 4. The number of nitrogens with zero attached hydrogens (tertiary/aromatic N) is 2. The van der Waals surface area contributed by atoms with E-state index in [0.29, 0.717) is 18.3 Å². The topological polar surface area (TPSA) is 57.4 Å². The van der Waals surface area contributed by atoms with Gasteiger partial charge in [-0.25, -0.2) is 4.79 Å². The highest BCUT2D eigenvalue weighted by atomic mass is 16.5. The third kappa shape index (κ3) is 5.93. The number of aromatic nitrogens is 2. The molecule has 0 bridgehead atoms. The van der Waals surface area contributed by atoms with Gasteiger partial charge >= 0.3 is 5.69 Å². The van der Waals surface area contributed by atoms with E-state index in [0.717, 1.165) is 36.0 Å². The Bertz CT molecular complexity index is 1190. The molecule has 0 unspecified atom stereocenters. The van der Waals surface area contributed by atoms with Crippen LogP contribution in [0.4, 0.5) is 0 Å². The number of nitrogens with one attached hydrogen (secondary N) is 1. The van der Waals surface area contributed by atoms with Crippen molar-refractivity contribution >= 4 is 0 Å². The van der Waals surface area contributed by atoms with Crippen LogP contribution in [0.5, 0.6) is 17.2 Å². The van der Waals surface area contributed by atoms with Gasteiger partial charge in [-0.2, -0.15) is 0 Å². The lowest BCUT2D eigenvalue weighted by molar-refractivity contribution is 0.311. The van der Waals surface area contributed by atoms with Crippen molar-refractivity contribution in [2.45, 2.75) is 13.8 Å². The molecule has 33 heavy (non-hydrogen) atoms. The maximum absolute atomic E-state index is 13.0. The van der Waals surface area contributed by atoms with E-state index in [1.165, 1.54) is 0 Å². The van der Waals surface area contributed by atoms with Crippen LogP contribution in [0.1, 0.15) is 13.8 Å². The monoisotopic (exact) mass is 443 g/mol. The fourth-order valence-electron chi connectivity index (χ4n) is 3.40. The Hall–Kier alpha value is -3.77. The molecule has 0 spiro atoms. The molecule has 6 heteroatoms. The molecule has 0 fully saturated rings. The van der Waals surface area contributed by atoms with E-state index in [2.05, 4.69) is 19.2 Å². The van der Waals surface area contributed by atoms with Crippen LogP contribution < -0.4 is 20.5 Å². The summed E-state index contributed by atoms with van der Waals surface area (Å²) in [6, 6.07) is 24.6. The molecule has 4 rings (SSSR count). The first-order valence-electron chi connectivity index (χ1n) is 11.2. The second-order valence-electron chi connectivity index (χ2n) is 8.17. The van der Waals surface area contributed by atoms with Crippen LogP contribution in [0.25, 0.3) is 11.4 Å². The van der Waals surface area contributed by atoms with Crippen molar-refractivity contribution in [3.8, 4) is 28.6 Å². The Kier molecular flexibility index (Phi) is 7.27. The number of ether oxygens (including phenoxy) is 2. The molecule has 6 nitrogen and oxygen atoms in total. The Labute approximate surface area is 194 Å². The lowest BCUT2D eigenvalue weighted by atomic mass is 10.2. The quantitative estimate of drug-likeness (QED) is 0.349. The molecular formula is C27H29N3O3. The maximum atomic E-state index is 13.0. The summed E-state index contributed by atoms with van der Waals surface area (Å²) < 4.78 is 14.8. The van der Waals surface area contributed by atoms with Crippen molar-refractivity contribution in [1.82, 2.24) is 14.5 Å². The van der Waals surface area contributed by atoms with Crippen LogP contribution in [-0.2, 0) is 0 Å². The minimum absolute atomic E-state index is 0.140. The zero-order valence-corrected chi connectivity index (χ0v) is 19.0. The molecule has 0 saturated carbocycles. The smallest absolute Gasteiger partial charge is 0.337 e. The predicted octanol–water partition coefficient (Wildman–Crippen LogP) is 5.04. The molecule has 1 heterocycles. The van der Waals surface area contributed by atoms with Gasteiger partial charge < -0.3 is 14.8 Å². The van der Waals surface area contributed by atoms with E-state index in [1.54, 1.807) is 21.5 Å². The van der Waals surface area contributed by atoms with Crippen molar-refractivity contribution in [2.75, 3.05) is 19.7 Å². The summed E-state index contributed by atoms with van der Waals surface area (Å²) in [5.74, 6) is 2.89. The van der Waals surface area contributed by atoms with Crippen molar-refractivity contribution in [2.24, 2.45) is 5.92 Å². The summed E-state index contributed by atoms with van der Waals surface area (Å²) >= 11 is 0. The molecule has 170 valence electrons. The highest BCUT2D eigenvalue weighted by Crippen LogP contribution is 2.22. The van der Waals surface area contributed by atoms with Gasteiger partial charge in [-0.05, 0) is 73.1 Å². The zero-order chi connectivity index (χ0) is 23.0. The Morgan fingerprint density at radius 1 is 0.758 bits per heavy atom. The summed E-state index contributed by atoms with van der Waals surface area (Å²) in [5.41, 5.74) is 1.42. The van der Waals surface area contributed by atoms with Gasteiger partial charge in [-0.1, -0.05) is 32.0 Å². The first-order valence-corrected chi connectivity index (χ1v) is 11.2. The highest BCUT2D eigenvalue weighted by Gasteiger charge is 2.08. The third-order valence-corrected chi connectivity index (χ3v) is 5.09. The van der Waals surface area contributed by atoms with E-state index < -0.39 is 0 Å². The summed E-state index contributed by atoms with van der Waals surface area (Å²) in [4.78, 5) is 13.0. The Morgan fingerprint density at radius 2 is 1.30 bits per heavy atom. The van der Waals surface area contributed by atoms with E-state index in [1.807, 2.05) is 78.9 Å². The lowest BCUT2D eigenvalue weighted by Gasteiger charge is -2.10. The average Bonchev–Trinajstić information content (AvgIpc) is 3.21. The third-order valence-electron chi connectivity index (χ3n) is 5.09. The Balaban J connectivity index is 1.40. The van der Waals surface area contributed by atoms with Crippen LogP contribution in [0, 0.1) is 5.92 Å². The summed E-state index contributed by atoms with van der Waals surface area (Å²) in [5, 5.41) is 3.35. The lowest BCUT2D eigenvalue weighted by Crippen LogP contribution is -2.25. The first-order chi connectivity index (χ1) is 16.1. The molecule has 0 aliphatic rings. The number of para-hydroxylation sites is 1. The van der Waals surface area contributed by atoms with Gasteiger partial charge in [0.15, 0.2) is 0 Å². The highest BCUT2D eigenvalue weighted by molar-refractivity contribution is 5.41. The molecule has 0 saturated heterocycles. The normalized spacial score (nSPS) is 11.0. The summed E-state index contributed by atoms with van der Waals surface area (Å²) in [7, 11) is 0. The molecule has 1 N–H and O–H groups in total. The second kappa shape index (κ2) is 10.7. The van der Waals surface area contributed by atoms with Crippen molar-refractivity contribution in [1.29, 1.82) is 0 Å². The van der Waals surface area contributed by atoms with Gasteiger partial charge in [0.1, 0.15) is 23.9 Å². The number of benzene rings is 3. The summed E-state index contributed by atoms with van der Waals surface area (Å²) in [6.45, 7) is 6.74. The molecule has 0 aliphatic carbocycles. The number of imidazole rings is 1. The Morgan fingerprint density at radius 3 is 1.88 bits per heavy atom. The fraction of sp³-hybridized carbons (Fsp3) is 0.222. The molecule has 1 aromatic heterocycles. The minimum atomic E-state index is -0.140. The first kappa shape index (κ1) is 22.4. The SMILES string of the molecule is CC(C)CNCCOc1ccc(-n2ccn(-c3ccc(Oc4ccccc4)cc3)c2=O)cc1. The van der Waals surface area contributed by atoms with E-state index in [4.69, 9.17) is 9.47 Å². The second-order valence-corrected chi connectivity index (χ2v) is 8.17. The minimum Gasteiger partial charge on any atom is -0.492 e. The number of rotatable bonds is 10. The van der Waals surface area contributed by atoms with Gasteiger partial charge in [-0.15, -0.1) is 0 Å². The molecule has 0 aliphatic heterocycles. The largest absolute Gasteiger partial charge is 0.492 e. The molecule has 3 aromatic carbocycles. The van der Waals surface area contributed by atoms with Crippen LogP contribution in [0.3, 0.4) is 0 Å². The van der Waals surface area contributed by atoms with Crippen LogP contribution in [0.2, 0.25) is 0 Å². The number of hydrogen-bond donors (Lipinski definition) is 1. The van der Waals surface area contributed by atoms with Crippen LogP contribution >= 0.6 is 0 Å². The molecule has 0 atom stereocenters. The fourth-order valence-corrected chi connectivity index (χ4v) is 3.40. The van der Waals surface area contributed by atoms with E-state index in [-0.39, 0.29) is 5.69 Å². The molecule has 0 radical (unpaired) electrons. The van der Waals surface area contributed by atoms with Gasteiger partial charge in [0.2, 0.25) is 0 Å². The molecular weight excluding hydrogens is 414 g/mol. The summed E-state index contributed by atoms with van der Waals surface area (Å²) in [6.07, 6.45) is 3.53. The van der Waals surface area contributed by atoms with Gasteiger partial charge in [0.25, 0.3) is 0 Å². The average molecular weight is 444 g/mol. The van der Waals surface area contributed by atoms with Crippen LogP contribution in [0.15, 0.2) is 96.1 Å². The predicted molar refractivity (Wildman–Crippen MR) is 131 cm³/mol. The van der Waals surface area contributed by atoms with Gasteiger partial charge in [0.05, 0.1) is 11.4 Å². The van der Waals surface area contributed by atoms with Crippen LogP contribution in [-0.4, -0.2) is 28.8 Å². The maximum Gasteiger partial charge on any atom is 0.337 e. The standard InChI is InChI=1S/C27H29N3O3/c1-21(2)20-28-16-19-32-24-12-8-22(9-13-24)29-17-18-30(27(29)31)23-10-14-26(15-11-23)33-25-6-4-3-5-7-25/h3-15,17-18,21,28H,16,19-20H2,1-2H3. The van der Waals surface area contributed by atoms with E-state index >= 15 is 0 Å². The van der Waals surface area contributed by atoms with Gasteiger partial charge in [0, 0.05) is 18.9 Å². The molecule has 4 aromatic rings. The zero-order valence-electron chi connectivity index (χ0n) is 19.0. The van der Waals surface area contributed by atoms with E-state index in [9.17, 15) is 4.79 Å². The van der Waals surface area contributed by atoms with Crippen molar-refractivity contribution in [3.05, 3.63) is 102 Å². The van der Waals surface area contributed by atoms with Crippen molar-refractivity contribution in [3.63, 3.8) is 0 Å². The van der Waals surface area contributed by atoms with Gasteiger partial charge in [-0.3, -0.25) is 9.13 Å². The molecule has 0 amide bonds.